The van der Waals surface area contributed by atoms with Gasteiger partial charge in [0, 0.05) is 18.9 Å². The Hall–Kier alpha value is -2.67. The Bertz CT molecular complexity index is 700. The lowest BCUT2D eigenvalue weighted by atomic mass is 10.2. The summed E-state index contributed by atoms with van der Waals surface area (Å²) in [5.74, 6) is 1.67. The summed E-state index contributed by atoms with van der Waals surface area (Å²) in [6.45, 7) is 6.04. The molecule has 2 N–H and O–H groups in total. The molecule has 1 atom stereocenters. The molecule has 0 unspecified atom stereocenters. The second-order valence-corrected chi connectivity index (χ2v) is 6.48. The molecule has 1 aliphatic rings. The minimum Gasteiger partial charge on any atom is -0.497 e. The van der Waals surface area contributed by atoms with Crippen molar-refractivity contribution in [2.24, 2.45) is 0 Å². The lowest BCUT2D eigenvalue weighted by molar-refractivity contribution is -0.914. The van der Waals surface area contributed by atoms with Gasteiger partial charge in [0.2, 0.25) is 5.95 Å². The summed E-state index contributed by atoms with van der Waals surface area (Å²) in [6, 6.07) is 9.49. The normalized spacial score (nSPS) is 16.2. The molecule has 138 valence electrons. The molecular weight excluding hydrogens is 330 g/mol. The maximum Gasteiger partial charge on any atom is 0.278 e. The van der Waals surface area contributed by atoms with Crippen LogP contribution in [0.4, 0.5) is 5.95 Å². The van der Waals surface area contributed by atoms with Gasteiger partial charge in [-0.2, -0.15) is 0 Å². The number of rotatable bonds is 6. The van der Waals surface area contributed by atoms with Gasteiger partial charge >= 0.3 is 0 Å². The van der Waals surface area contributed by atoms with Crippen molar-refractivity contribution in [3.63, 3.8) is 0 Å². The van der Waals surface area contributed by atoms with Crippen LogP contribution in [0.5, 0.6) is 5.75 Å². The Balaban J connectivity index is 1.46. The molecule has 1 saturated heterocycles. The van der Waals surface area contributed by atoms with Crippen molar-refractivity contribution in [1.82, 2.24) is 15.3 Å². The van der Waals surface area contributed by atoms with Gasteiger partial charge in [0.15, 0.2) is 6.04 Å². The fourth-order valence-electron chi connectivity index (χ4n) is 3.15. The number of amides is 1. The average molecular weight is 356 g/mol. The third-order valence-corrected chi connectivity index (χ3v) is 4.87. The number of anilines is 1. The van der Waals surface area contributed by atoms with Crippen molar-refractivity contribution in [3.8, 4) is 5.75 Å². The number of ether oxygens (including phenoxy) is 1. The molecule has 0 bridgehead atoms. The van der Waals surface area contributed by atoms with Crippen LogP contribution in [-0.4, -0.2) is 55.2 Å². The number of aromatic nitrogens is 2. The van der Waals surface area contributed by atoms with Crippen molar-refractivity contribution in [1.29, 1.82) is 0 Å². The second kappa shape index (κ2) is 8.62. The van der Waals surface area contributed by atoms with Crippen LogP contribution in [0.1, 0.15) is 12.5 Å². The average Bonchev–Trinajstić information content (AvgIpc) is 2.72. The minimum atomic E-state index is -0.0768. The van der Waals surface area contributed by atoms with E-state index in [4.69, 9.17) is 4.74 Å². The van der Waals surface area contributed by atoms with Crippen LogP contribution in [-0.2, 0) is 11.3 Å². The molecule has 1 aromatic carbocycles. The van der Waals surface area contributed by atoms with Crippen LogP contribution in [0.3, 0.4) is 0 Å². The first-order valence-electron chi connectivity index (χ1n) is 8.94. The highest BCUT2D eigenvalue weighted by Crippen LogP contribution is 2.11. The van der Waals surface area contributed by atoms with E-state index in [0.717, 1.165) is 43.4 Å². The molecular formula is C19H26N5O2+. The summed E-state index contributed by atoms with van der Waals surface area (Å²) in [6.07, 6.45) is 3.52. The number of nitrogens with zero attached hydrogens (tertiary/aromatic N) is 3. The van der Waals surface area contributed by atoms with Crippen LogP contribution in [0, 0.1) is 0 Å². The summed E-state index contributed by atoms with van der Waals surface area (Å²) in [4.78, 5) is 24.6. The molecule has 7 heteroatoms. The minimum absolute atomic E-state index is 0.0768. The molecule has 1 aliphatic heterocycles. The van der Waals surface area contributed by atoms with Crippen molar-refractivity contribution in [2.45, 2.75) is 19.5 Å². The number of carbonyl (C=O) groups excluding carboxylic acids is 1. The van der Waals surface area contributed by atoms with Crippen LogP contribution < -0.4 is 19.9 Å². The number of hydrogen-bond acceptors (Lipinski definition) is 5. The zero-order valence-corrected chi connectivity index (χ0v) is 15.3. The van der Waals surface area contributed by atoms with Crippen LogP contribution in [0.15, 0.2) is 42.7 Å². The topological polar surface area (TPSA) is 71.8 Å². The second-order valence-electron chi connectivity index (χ2n) is 6.48. The summed E-state index contributed by atoms with van der Waals surface area (Å²) < 4.78 is 5.15. The molecule has 26 heavy (non-hydrogen) atoms. The van der Waals surface area contributed by atoms with E-state index in [-0.39, 0.29) is 11.9 Å². The van der Waals surface area contributed by atoms with E-state index >= 15 is 0 Å². The largest absolute Gasteiger partial charge is 0.497 e. The Labute approximate surface area is 154 Å². The lowest BCUT2D eigenvalue weighted by Gasteiger charge is -2.34. The molecule has 3 rings (SSSR count). The van der Waals surface area contributed by atoms with Crippen LogP contribution >= 0.6 is 0 Å². The number of carbonyl (C=O) groups is 1. The van der Waals surface area contributed by atoms with Gasteiger partial charge in [-0.05, 0) is 30.7 Å². The quantitative estimate of drug-likeness (QED) is 0.756. The summed E-state index contributed by atoms with van der Waals surface area (Å²) in [5, 5.41) is 3.04. The Morgan fingerprint density at radius 3 is 2.50 bits per heavy atom. The van der Waals surface area contributed by atoms with Gasteiger partial charge in [0.1, 0.15) is 5.75 Å². The molecule has 0 aliphatic carbocycles. The molecule has 0 radical (unpaired) electrons. The first kappa shape index (κ1) is 18.1. The molecule has 2 heterocycles. The number of piperazine rings is 1. The zero-order valence-electron chi connectivity index (χ0n) is 15.3. The number of nitrogens with one attached hydrogen (secondary N) is 2. The predicted octanol–water partition coefficient (Wildman–Crippen LogP) is -0.105. The first-order chi connectivity index (χ1) is 12.7. The summed E-state index contributed by atoms with van der Waals surface area (Å²) in [5.41, 5.74) is 1.06. The fourth-order valence-corrected chi connectivity index (χ4v) is 3.15. The number of hydrogen-bond donors (Lipinski definition) is 2. The standard InChI is InChI=1S/C19H25N5O2/c1-15(18(25)22-14-16-4-6-17(26-2)7-5-16)23-10-12-24(13-11-23)19-20-8-3-9-21-19/h3-9,15H,10-14H2,1-2H3,(H,22,25)/p+1/t15-/m1/s1. The highest BCUT2D eigenvalue weighted by atomic mass is 16.5. The third-order valence-electron chi connectivity index (χ3n) is 4.87. The molecule has 1 fully saturated rings. The summed E-state index contributed by atoms with van der Waals surface area (Å²) in [7, 11) is 1.64. The smallest absolute Gasteiger partial charge is 0.278 e. The monoisotopic (exact) mass is 356 g/mol. The van der Waals surface area contributed by atoms with Crippen molar-refractivity contribution in [2.75, 3.05) is 38.2 Å². The van der Waals surface area contributed by atoms with E-state index in [0.29, 0.717) is 6.54 Å². The van der Waals surface area contributed by atoms with Gasteiger partial charge in [-0.3, -0.25) is 4.79 Å². The van der Waals surface area contributed by atoms with E-state index in [1.165, 1.54) is 4.90 Å². The van der Waals surface area contributed by atoms with Gasteiger partial charge in [-0.25, -0.2) is 9.97 Å². The van der Waals surface area contributed by atoms with E-state index in [2.05, 4.69) is 20.2 Å². The molecule has 2 aromatic rings. The zero-order chi connectivity index (χ0) is 18.4. The van der Waals surface area contributed by atoms with Crippen LogP contribution in [0.25, 0.3) is 0 Å². The van der Waals surface area contributed by atoms with E-state index < -0.39 is 0 Å². The maximum atomic E-state index is 12.5. The van der Waals surface area contributed by atoms with Gasteiger partial charge in [0.05, 0.1) is 33.3 Å². The van der Waals surface area contributed by atoms with Crippen molar-refractivity contribution >= 4 is 11.9 Å². The molecule has 0 spiro atoms. The maximum absolute atomic E-state index is 12.5. The van der Waals surface area contributed by atoms with E-state index in [1.807, 2.05) is 37.3 Å². The Kier molecular flexibility index (Phi) is 6.01. The number of methoxy groups -OCH3 is 1. The summed E-state index contributed by atoms with van der Waals surface area (Å²) >= 11 is 0. The van der Waals surface area contributed by atoms with Gasteiger partial charge in [-0.15, -0.1) is 0 Å². The highest BCUT2D eigenvalue weighted by molar-refractivity contribution is 5.79. The molecule has 0 saturated carbocycles. The van der Waals surface area contributed by atoms with Crippen molar-refractivity contribution < 1.29 is 14.4 Å². The first-order valence-corrected chi connectivity index (χ1v) is 8.94. The molecule has 1 amide bonds. The Morgan fingerprint density at radius 2 is 1.88 bits per heavy atom. The molecule has 1 aromatic heterocycles. The van der Waals surface area contributed by atoms with Crippen molar-refractivity contribution in [3.05, 3.63) is 48.3 Å². The lowest BCUT2D eigenvalue weighted by Crippen LogP contribution is -3.19. The van der Waals surface area contributed by atoms with Gasteiger partial charge < -0.3 is 19.9 Å². The molecule has 7 nitrogen and oxygen atoms in total. The van der Waals surface area contributed by atoms with Gasteiger partial charge in [0.25, 0.3) is 5.91 Å². The third kappa shape index (κ3) is 4.49. The van der Waals surface area contributed by atoms with E-state index in [9.17, 15) is 4.79 Å². The number of benzene rings is 1. The van der Waals surface area contributed by atoms with Gasteiger partial charge in [-0.1, -0.05) is 12.1 Å². The Morgan fingerprint density at radius 1 is 1.23 bits per heavy atom. The number of quaternary nitrogens is 1. The van der Waals surface area contributed by atoms with Crippen LogP contribution in [0.2, 0.25) is 0 Å². The SMILES string of the molecule is COc1ccc(CNC(=O)[C@@H](C)[NH+]2CCN(c3ncccn3)CC2)cc1. The predicted molar refractivity (Wildman–Crippen MR) is 99.2 cm³/mol. The fraction of sp³-hybridized carbons (Fsp3) is 0.421. The van der Waals surface area contributed by atoms with E-state index in [1.54, 1.807) is 19.5 Å². The highest BCUT2D eigenvalue weighted by Gasteiger charge is 2.29.